The number of nitrogens with zero attached hydrogens (tertiary/aromatic N) is 1. The number of halogens is 1. The summed E-state index contributed by atoms with van der Waals surface area (Å²) in [5.74, 6) is 0.184. The molecule has 0 radical (unpaired) electrons. The van der Waals surface area contributed by atoms with Crippen LogP contribution in [0.3, 0.4) is 0 Å². The summed E-state index contributed by atoms with van der Waals surface area (Å²) in [6, 6.07) is 6.93. The van der Waals surface area contributed by atoms with Crippen LogP contribution in [-0.4, -0.2) is 43.6 Å². The van der Waals surface area contributed by atoms with Crippen molar-refractivity contribution in [1.82, 2.24) is 4.90 Å². The Labute approximate surface area is 128 Å². The number of amides is 1. The second-order valence-corrected chi connectivity index (χ2v) is 5.36. The van der Waals surface area contributed by atoms with Crippen LogP contribution in [0.15, 0.2) is 24.3 Å². The van der Waals surface area contributed by atoms with Crippen molar-refractivity contribution in [3.8, 4) is 5.75 Å². The molecule has 0 saturated carbocycles. The average molecular weight is 312 g/mol. The number of methoxy groups -OCH3 is 1. The molecule has 114 valence electrons. The highest BCUT2D eigenvalue weighted by Gasteiger charge is 2.27. The molecule has 1 heterocycles. The Hall–Kier alpha value is -1.75. The first-order valence-corrected chi connectivity index (χ1v) is 7.22. The van der Waals surface area contributed by atoms with E-state index in [9.17, 15) is 9.59 Å². The first-order valence-electron chi connectivity index (χ1n) is 6.84. The summed E-state index contributed by atoms with van der Waals surface area (Å²) < 4.78 is 10.2. The predicted molar refractivity (Wildman–Crippen MR) is 78.3 cm³/mol. The van der Waals surface area contributed by atoms with E-state index in [1.807, 2.05) is 0 Å². The molecule has 0 aromatic heterocycles. The molecule has 0 bridgehead atoms. The van der Waals surface area contributed by atoms with Crippen molar-refractivity contribution in [2.24, 2.45) is 5.92 Å². The minimum absolute atomic E-state index is 0.0246. The van der Waals surface area contributed by atoms with Crippen molar-refractivity contribution < 1.29 is 19.1 Å². The third-order valence-electron chi connectivity index (χ3n) is 3.54. The van der Waals surface area contributed by atoms with Crippen molar-refractivity contribution in [3.63, 3.8) is 0 Å². The highest BCUT2D eigenvalue weighted by molar-refractivity contribution is 6.30. The summed E-state index contributed by atoms with van der Waals surface area (Å²) in [5, 5.41) is 0.568. The lowest BCUT2D eigenvalue weighted by molar-refractivity contribution is -0.149. The molecule has 2 rings (SSSR count). The van der Waals surface area contributed by atoms with Gasteiger partial charge in [-0.25, -0.2) is 0 Å². The van der Waals surface area contributed by atoms with Crippen molar-refractivity contribution in [3.05, 3.63) is 29.3 Å². The van der Waals surface area contributed by atoms with Gasteiger partial charge in [0.1, 0.15) is 5.75 Å². The lowest BCUT2D eigenvalue weighted by Crippen LogP contribution is -2.42. The van der Waals surface area contributed by atoms with E-state index in [1.54, 1.807) is 29.2 Å². The van der Waals surface area contributed by atoms with Gasteiger partial charge >= 0.3 is 5.97 Å². The number of hydrogen-bond donors (Lipinski definition) is 0. The molecule has 0 N–H and O–H groups in total. The van der Waals surface area contributed by atoms with Gasteiger partial charge in [-0.1, -0.05) is 17.7 Å². The summed E-state index contributed by atoms with van der Waals surface area (Å²) in [4.78, 5) is 25.2. The molecule has 1 aromatic rings. The molecule has 0 aliphatic carbocycles. The van der Waals surface area contributed by atoms with Gasteiger partial charge in [0.05, 0.1) is 13.0 Å². The Morgan fingerprint density at radius 1 is 1.33 bits per heavy atom. The van der Waals surface area contributed by atoms with Crippen molar-refractivity contribution in [2.75, 3.05) is 26.8 Å². The Kier molecular flexibility index (Phi) is 5.44. The normalized spacial score (nSPS) is 15.6. The molecule has 0 spiro atoms. The summed E-state index contributed by atoms with van der Waals surface area (Å²) in [7, 11) is 1.39. The fraction of sp³-hybridized carbons (Fsp3) is 0.467. The standard InChI is InChI=1S/C15H18ClNO4/c1-20-15(19)11-5-7-17(8-6-11)14(18)10-21-13-4-2-3-12(16)9-13/h2-4,9,11H,5-8,10H2,1H3. The lowest BCUT2D eigenvalue weighted by Gasteiger charge is -2.30. The minimum atomic E-state index is -0.197. The number of hydrogen-bond acceptors (Lipinski definition) is 4. The quantitative estimate of drug-likeness (QED) is 0.799. The largest absolute Gasteiger partial charge is 0.484 e. The van der Waals surface area contributed by atoms with E-state index in [0.717, 1.165) is 0 Å². The number of carbonyl (C=O) groups excluding carboxylic acids is 2. The van der Waals surface area contributed by atoms with Crippen LogP contribution < -0.4 is 4.74 Å². The maximum absolute atomic E-state index is 12.1. The van der Waals surface area contributed by atoms with Crippen LogP contribution in [0, 0.1) is 5.92 Å². The van der Waals surface area contributed by atoms with Crippen LogP contribution in [0.4, 0.5) is 0 Å². The first-order chi connectivity index (χ1) is 10.1. The highest BCUT2D eigenvalue weighted by Crippen LogP contribution is 2.20. The number of piperidine rings is 1. The second kappa shape index (κ2) is 7.31. The molecule has 1 aliphatic rings. The molecule has 1 fully saturated rings. The number of ether oxygens (including phenoxy) is 2. The van der Waals surface area contributed by atoms with Crippen LogP contribution >= 0.6 is 11.6 Å². The topological polar surface area (TPSA) is 55.8 Å². The van der Waals surface area contributed by atoms with E-state index in [2.05, 4.69) is 0 Å². The summed E-state index contributed by atoms with van der Waals surface area (Å²) >= 11 is 5.85. The van der Waals surface area contributed by atoms with Crippen LogP contribution in [0.5, 0.6) is 5.75 Å². The fourth-order valence-corrected chi connectivity index (χ4v) is 2.50. The van der Waals surface area contributed by atoms with Crippen molar-refractivity contribution in [1.29, 1.82) is 0 Å². The van der Waals surface area contributed by atoms with Gasteiger partial charge in [0.25, 0.3) is 5.91 Å². The molecular weight excluding hydrogens is 294 g/mol. The van der Waals surface area contributed by atoms with Crippen LogP contribution in [0.25, 0.3) is 0 Å². The Morgan fingerprint density at radius 3 is 2.67 bits per heavy atom. The highest BCUT2D eigenvalue weighted by atomic mass is 35.5. The minimum Gasteiger partial charge on any atom is -0.484 e. The van der Waals surface area contributed by atoms with Gasteiger partial charge in [0.15, 0.2) is 6.61 Å². The van der Waals surface area contributed by atoms with Gasteiger partial charge in [-0.15, -0.1) is 0 Å². The smallest absolute Gasteiger partial charge is 0.308 e. The van der Waals surface area contributed by atoms with E-state index >= 15 is 0 Å². The maximum Gasteiger partial charge on any atom is 0.308 e. The molecule has 0 atom stereocenters. The number of likely N-dealkylation sites (tertiary alicyclic amines) is 1. The molecule has 1 amide bonds. The molecule has 1 saturated heterocycles. The molecule has 6 heteroatoms. The summed E-state index contributed by atoms with van der Waals surface area (Å²) in [6.07, 6.45) is 1.27. The number of benzene rings is 1. The third-order valence-corrected chi connectivity index (χ3v) is 3.78. The monoisotopic (exact) mass is 311 g/mol. The third kappa shape index (κ3) is 4.36. The number of rotatable bonds is 4. The Morgan fingerprint density at radius 2 is 2.05 bits per heavy atom. The molecular formula is C15H18ClNO4. The van der Waals surface area contributed by atoms with E-state index in [0.29, 0.717) is 36.7 Å². The molecule has 5 nitrogen and oxygen atoms in total. The van der Waals surface area contributed by atoms with Gasteiger partial charge in [-0.3, -0.25) is 9.59 Å². The Balaban J connectivity index is 1.78. The first kappa shape index (κ1) is 15.6. The fourth-order valence-electron chi connectivity index (χ4n) is 2.32. The van der Waals surface area contributed by atoms with Gasteiger partial charge in [-0.05, 0) is 31.0 Å². The van der Waals surface area contributed by atoms with Crippen LogP contribution in [0.2, 0.25) is 5.02 Å². The lowest BCUT2D eigenvalue weighted by atomic mass is 9.97. The van der Waals surface area contributed by atoms with Crippen molar-refractivity contribution in [2.45, 2.75) is 12.8 Å². The van der Waals surface area contributed by atoms with Crippen LogP contribution in [-0.2, 0) is 14.3 Å². The van der Waals surface area contributed by atoms with Gasteiger partial charge in [-0.2, -0.15) is 0 Å². The van der Waals surface area contributed by atoms with E-state index < -0.39 is 0 Å². The maximum atomic E-state index is 12.1. The average Bonchev–Trinajstić information content (AvgIpc) is 2.52. The van der Waals surface area contributed by atoms with Gasteiger partial charge in [0.2, 0.25) is 0 Å². The van der Waals surface area contributed by atoms with E-state index in [4.69, 9.17) is 21.1 Å². The predicted octanol–water partition coefficient (Wildman–Crippen LogP) is 2.13. The number of carbonyl (C=O) groups is 2. The molecule has 1 aliphatic heterocycles. The zero-order valence-electron chi connectivity index (χ0n) is 11.9. The summed E-state index contributed by atoms with van der Waals surface area (Å²) in [6.45, 7) is 1.08. The Bertz CT molecular complexity index is 512. The molecule has 21 heavy (non-hydrogen) atoms. The summed E-state index contributed by atoms with van der Waals surface area (Å²) in [5.41, 5.74) is 0. The van der Waals surface area contributed by atoms with E-state index in [1.165, 1.54) is 7.11 Å². The van der Waals surface area contributed by atoms with Gasteiger partial charge < -0.3 is 14.4 Å². The van der Waals surface area contributed by atoms with Crippen molar-refractivity contribution >= 4 is 23.5 Å². The molecule has 0 unspecified atom stereocenters. The van der Waals surface area contributed by atoms with Crippen LogP contribution in [0.1, 0.15) is 12.8 Å². The SMILES string of the molecule is COC(=O)C1CCN(C(=O)COc2cccc(Cl)c2)CC1. The second-order valence-electron chi connectivity index (χ2n) is 4.92. The number of esters is 1. The zero-order chi connectivity index (χ0) is 15.2. The molecule has 1 aromatic carbocycles. The van der Waals surface area contributed by atoms with E-state index in [-0.39, 0.29) is 24.4 Å². The zero-order valence-corrected chi connectivity index (χ0v) is 12.6. The van der Waals surface area contributed by atoms with Gasteiger partial charge in [0, 0.05) is 18.1 Å².